The number of amides is 2. The summed E-state index contributed by atoms with van der Waals surface area (Å²) in [6, 6.07) is 15.3. The summed E-state index contributed by atoms with van der Waals surface area (Å²) < 4.78 is 2.38. The van der Waals surface area contributed by atoms with Crippen LogP contribution < -0.4 is 10.9 Å². The van der Waals surface area contributed by atoms with Crippen LogP contribution >= 0.6 is 15.9 Å². The topological polar surface area (TPSA) is 80.2 Å². The molecule has 0 radical (unpaired) electrons. The number of aryl methyl sites for hydroxylation is 2. The maximum atomic E-state index is 12.8. The van der Waals surface area contributed by atoms with Gasteiger partial charge in [-0.05, 0) is 35.0 Å². The van der Waals surface area contributed by atoms with Crippen molar-refractivity contribution in [3.8, 4) is 0 Å². The van der Waals surface area contributed by atoms with Gasteiger partial charge in [0.1, 0.15) is 5.69 Å². The first-order valence-corrected chi connectivity index (χ1v) is 9.29. The molecule has 0 saturated carbocycles. The molecule has 3 aromatic rings. The van der Waals surface area contributed by atoms with E-state index in [9.17, 15) is 14.4 Å². The predicted molar refractivity (Wildman–Crippen MR) is 109 cm³/mol. The molecule has 7 heteroatoms. The second kappa shape index (κ2) is 8.22. The molecule has 28 heavy (non-hydrogen) atoms. The molecule has 6 nitrogen and oxygen atoms in total. The summed E-state index contributed by atoms with van der Waals surface area (Å²) in [7, 11) is 1.72. The fourth-order valence-corrected chi connectivity index (χ4v) is 3.26. The van der Waals surface area contributed by atoms with Gasteiger partial charge in [-0.15, -0.1) is 0 Å². The Bertz CT molecular complexity index is 1060. The highest BCUT2D eigenvalue weighted by molar-refractivity contribution is 9.10. The molecule has 3 rings (SSSR count). The highest BCUT2D eigenvalue weighted by Crippen LogP contribution is 2.16. The predicted octanol–water partition coefficient (Wildman–Crippen LogP) is 3.40. The maximum absolute atomic E-state index is 12.8. The summed E-state index contributed by atoms with van der Waals surface area (Å²) in [5.41, 5.74) is 7.09. The lowest BCUT2D eigenvalue weighted by molar-refractivity contribution is 0.0840. The van der Waals surface area contributed by atoms with Crippen LogP contribution in [-0.2, 0) is 7.05 Å². The minimum Gasteiger partial charge on any atom is -0.345 e. The lowest BCUT2D eigenvalue weighted by Gasteiger charge is -2.11. The molecule has 0 spiro atoms. The van der Waals surface area contributed by atoms with Crippen molar-refractivity contribution in [3.63, 3.8) is 0 Å². The fourth-order valence-electron chi connectivity index (χ4n) is 2.73. The molecular weight excluding hydrogens is 422 g/mol. The molecule has 1 heterocycles. The van der Waals surface area contributed by atoms with Gasteiger partial charge in [-0.25, -0.2) is 0 Å². The van der Waals surface area contributed by atoms with Gasteiger partial charge in [0.15, 0.2) is 5.78 Å². The zero-order valence-electron chi connectivity index (χ0n) is 15.3. The number of carbonyl (C=O) groups excluding carboxylic acids is 3. The van der Waals surface area contributed by atoms with Gasteiger partial charge in [0.05, 0.1) is 5.56 Å². The van der Waals surface area contributed by atoms with E-state index in [2.05, 4.69) is 26.8 Å². The molecule has 0 aliphatic heterocycles. The van der Waals surface area contributed by atoms with E-state index < -0.39 is 11.8 Å². The maximum Gasteiger partial charge on any atom is 0.286 e. The molecule has 0 saturated heterocycles. The van der Waals surface area contributed by atoms with Crippen LogP contribution in [0.5, 0.6) is 0 Å². The van der Waals surface area contributed by atoms with Crippen molar-refractivity contribution < 1.29 is 14.4 Å². The van der Waals surface area contributed by atoms with Gasteiger partial charge in [-0.1, -0.05) is 48.0 Å². The Kier molecular flexibility index (Phi) is 5.75. The van der Waals surface area contributed by atoms with Crippen molar-refractivity contribution in [1.82, 2.24) is 15.4 Å². The fraction of sp³-hybridized carbons (Fsp3) is 0.0952. The smallest absolute Gasteiger partial charge is 0.286 e. The van der Waals surface area contributed by atoms with Gasteiger partial charge >= 0.3 is 0 Å². The van der Waals surface area contributed by atoms with Crippen molar-refractivity contribution in [1.29, 1.82) is 0 Å². The van der Waals surface area contributed by atoms with E-state index in [0.717, 1.165) is 10.0 Å². The zero-order valence-corrected chi connectivity index (χ0v) is 16.9. The van der Waals surface area contributed by atoms with Gasteiger partial charge in [-0.2, -0.15) is 0 Å². The monoisotopic (exact) mass is 439 g/mol. The van der Waals surface area contributed by atoms with Crippen LogP contribution in [0.1, 0.15) is 42.3 Å². The molecule has 0 bridgehead atoms. The SMILES string of the molecule is Cc1ccc(C(=O)c2ccccc2C(=O)NNC(=O)c2cc(Br)cn2C)cc1. The average Bonchev–Trinajstić information content (AvgIpc) is 3.04. The van der Waals surface area contributed by atoms with E-state index in [1.807, 2.05) is 19.1 Å². The molecule has 0 atom stereocenters. The molecule has 2 N–H and O–H groups in total. The Balaban J connectivity index is 1.77. The molecule has 0 fully saturated rings. The zero-order chi connectivity index (χ0) is 20.3. The van der Waals surface area contributed by atoms with Crippen LogP contribution in [0.15, 0.2) is 65.3 Å². The molecule has 2 amide bonds. The van der Waals surface area contributed by atoms with Gasteiger partial charge in [-0.3, -0.25) is 25.2 Å². The summed E-state index contributed by atoms with van der Waals surface area (Å²) in [6.07, 6.45) is 1.73. The van der Waals surface area contributed by atoms with Crippen LogP contribution in [0.3, 0.4) is 0 Å². The number of nitrogens with one attached hydrogen (secondary N) is 2. The molecule has 1 aromatic heterocycles. The first-order chi connectivity index (χ1) is 13.4. The van der Waals surface area contributed by atoms with Gasteiger partial charge in [0.25, 0.3) is 11.8 Å². The number of nitrogens with zero attached hydrogens (tertiary/aromatic N) is 1. The largest absolute Gasteiger partial charge is 0.345 e. The highest BCUT2D eigenvalue weighted by atomic mass is 79.9. The quantitative estimate of drug-likeness (QED) is 0.482. The Labute approximate surface area is 170 Å². The average molecular weight is 440 g/mol. The highest BCUT2D eigenvalue weighted by Gasteiger charge is 2.19. The van der Waals surface area contributed by atoms with Crippen molar-refractivity contribution in [2.24, 2.45) is 7.05 Å². The summed E-state index contributed by atoms with van der Waals surface area (Å²) in [4.78, 5) is 37.7. The molecule has 142 valence electrons. The van der Waals surface area contributed by atoms with E-state index in [0.29, 0.717) is 11.3 Å². The second-order valence-corrected chi connectivity index (χ2v) is 7.22. The van der Waals surface area contributed by atoms with Crippen LogP contribution in [-0.4, -0.2) is 22.2 Å². The summed E-state index contributed by atoms with van der Waals surface area (Å²) in [5, 5.41) is 0. The minimum absolute atomic E-state index is 0.182. The molecule has 0 aliphatic rings. The van der Waals surface area contributed by atoms with Crippen molar-refractivity contribution >= 4 is 33.5 Å². The van der Waals surface area contributed by atoms with E-state index in [1.54, 1.807) is 60.3 Å². The van der Waals surface area contributed by atoms with E-state index in [4.69, 9.17) is 0 Å². The number of rotatable bonds is 4. The lowest BCUT2D eigenvalue weighted by atomic mass is 9.97. The van der Waals surface area contributed by atoms with Crippen LogP contribution in [0.4, 0.5) is 0 Å². The van der Waals surface area contributed by atoms with Crippen LogP contribution in [0.25, 0.3) is 0 Å². The van der Waals surface area contributed by atoms with Crippen molar-refractivity contribution in [3.05, 3.63) is 93.2 Å². The summed E-state index contributed by atoms with van der Waals surface area (Å²) >= 11 is 3.29. The number of halogens is 1. The van der Waals surface area contributed by atoms with E-state index >= 15 is 0 Å². The Morgan fingerprint density at radius 1 is 0.893 bits per heavy atom. The summed E-state index contributed by atoms with van der Waals surface area (Å²) in [5.74, 6) is -1.30. The third-order valence-corrected chi connectivity index (χ3v) is 4.66. The number of hydrazine groups is 1. The number of benzene rings is 2. The number of hydrogen-bond acceptors (Lipinski definition) is 3. The van der Waals surface area contributed by atoms with Gasteiger partial charge < -0.3 is 4.57 Å². The number of carbonyl (C=O) groups is 3. The molecule has 0 unspecified atom stereocenters. The third kappa shape index (κ3) is 4.20. The summed E-state index contributed by atoms with van der Waals surface area (Å²) in [6.45, 7) is 1.93. The number of ketones is 1. The van der Waals surface area contributed by atoms with E-state index in [1.165, 1.54) is 0 Å². The Morgan fingerprint density at radius 3 is 2.11 bits per heavy atom. The second-order valence-electron chi connectivity index (χ2n) is 6.30. The van der Waals surface area contributed by atoms with Crippen molar-refractivity contribution in [2.75, 3.05) is 0 Å². The standard InChI is InChI=1S/C21H18BrN3O3/c1-13-7-9-14(10-8-13)19(26)16-5-3-4-6-17(16)20(27)23-24-21(28)18-11-15(22)12-25(18)2/h3-12H,1-2H3,(H,23,27)(H,24,28). The Morgan fingerprint density at radius 2 is 1.50 bits per heavy atom. The third-order valence-electron chi connectivity index (χ3n) is 4.22. The Hall–Kier alpha value is -3.19. The van der Waals surface area contributed by atoms with Gasteiger partial charge in [0.2, 0.25) is 0 Å². The van der Waals surface area contributed by atoms with Crippen LogP contribution in [0.2, 0.25) is 0 Å². The minimum atomic E-state index is -0.572. The lowest BCUT2D eigenvalue weighted by Crippen LogP contribution is -2.42. The number of hydrogen-bond donors (Lipinski definition) is 2. The van der Waals surface area contributed by atoms with Gasteiger partial charge in [0, 0.05) is 28.8 Å². The molecule has 0 aliphatic carbocycles. The first kappa shape index (κ1) is 19.6. The first-order valence-electron chi connectivity index (χ1n) is 8.50. The van der Waals surface area contributed by atoms with E-state index in [-0.39, 0.29) is 16.9 Å². The molecular formula is C21H18BrN3O3. The normalized spacial score (nSPS) is 10.4. The van der Waals surface area contributed by atoms with Crippen molar-refractivity contribution in [2.45, 2.75) is 6.92 Å². The molecule has 2 aromatic carbocycles. The number of aromatic nitrogens is 1. The van der Waals surface area contributed by atoms with Crippen LogP contribution in [0, 0.1) is 6.92 Å².